The van der Waals surface area contributed by atoms with Crippen molar-refractivity contribution in [3.05, 3.63) is 11.6 Å². The summed E-state index contributed by atoms with van der Waals surface area (Å²) in [5, 5.41) is 21.3. The quantitative estimate of drug-likeness (QED) is 0.668. The van der Waals surface area contributed by atoms with Gasteiger partial charge in [-0.2, -0.15) is 0 Å². The van der Waals surface area contributed by atoms with E-state index >= 15 is 0 Å². The highest BCUT2D eigenvalue weighted by Crippen LogP contribution is 2.64. The van der Waals surface area contributed by atoms with Gasteiger partial charge in [0.15, 0.2) is 0 Å². The third kappa shape index (κ3) is 1.78. The van der Waals surface area contributed by atoms with E-state index in [-0.39, 0.29) is 17.6 Å². The molecule has 118 valence electrons. The minimum Gasteiger partial charge on any atom is -0.393 e. The first-order chi connectivity index (χ1) is 9.97. The van der Waals surface area contributed by atoms with Gasteiger partial charge in [0.2, 0.25) is 0 Å². The zero-order chi connectivity index (χ0) is 14.8. The lowest BCUT2D eigenvalue weighted by molar-refractivity contribution is -0.101. The number of aliphatic hydroxyl groups excluding tert-OH is 2. The van der Waals surface area contributed by atoms with Gasteiger partial charge in [0, 0.05) is 0 Å². The standard InChI is InChI=1S/C19H30O2/c1-18-9-4-3-5-12(18)11-15(20)17-13-6-7-16(21)19(13,2)10-8-14(17)18/h11,13-17,20-21H,3-10H2,1-2H3/t13?,14?,15-,16-,17-,18-,19-/m0/s1. The Balaban J connectivity index is 1.75. The highest BCUT2D eigenvalue weighted by molar-refractivity contribution is 5.27. The van der Waals surface area contributed by atoms with Crippen LogP contribution in [-0.4, -0.2) is 22.4 Å². The van der Waals surface area contributed by atoms with Gasteiger partial charge in [0.1, 0.15) is 0 Å². The summed E-state index contributed by atoms with van der Waals surface area (Å²) >= 11 is 0. The van der Waals surface area contributed by atoms with E-state index in [9.17, 15) is 10.2 Å². The van der Waals surface area contributed by atoms with Crippen molar-refractivity contribution in [1.82, 2.24) is 0 Å². The van der Waals surface area contributed by atoms with Gasteiger partial charge in [-0.3, -0.25) is 0 Å². The summed E-state index contributed by atoms with van der Waals surface area (Å²) in [5.41, 5.74) is 1.93. The highest BCUT2D eigenvalue weighted by atomic mass is 16.3. The normalized spacial score (nSPS) is 56.2. The van der Waals surface area contributed by atoms with Crippen molar-refractivity contribution in [1.29, 1.82) is 0 Å². The minimum absolute atomic E-state index is 0.0541. The van der Waals surface area contributed by atoms with Crippen LogP contribution in [0.4, 0.5) is 0 Å². The summed E-state index contributed by atoms with van der Waals surface area (Å²) in [6.45, 7) is 4.75. The molecule has 4 rings (SSSR count). The first kappa shape index (κ1) is 14.3. The molecule has 0 saturated heterocycles. The van der Waals surface area contributed by atoms with Crippen LogP contribution in [0.25, 0.3) is 0 Å². The molecule has 7 atom stereocenters. The van der Waals surface area contributed by atoms with Crippen molar-refractivity contribution < 1.29 is 10.2 Å². The van der Waals surface area contributed by atoms with E-state index in [0.717, 1.165) is 19.3 Å². The molecule has 4 aliphatic carbocycles. The van der Waals surface area contributed by atoms with Crippen LogP contribution in [-0.2, 0) is 0 Å². The van der Waals surface area contributed by atoms with Crippen LogP contribution in [0.2, 0.25) is 0 Å². The molecule has 3 fully saturated rings. The zero-order valence-corrected chi connectivity index (χ0v) is 13.5. The number of hydrogen-bond acceptors (Lipinski definition) is 2. The van der Waals surface area contributed by atoms with Gasteiger partial charge in [0.05, 0.1) is 12.2 Å². The third-order valence-electron chi connectivity index (χ3n) is 7.99. The molecule has 0 radical (unpaired) electrons. The van der Waals surface area contributed by atoms with E-state index in [0.29, 0.717) is 23.2 Å². The monoisotopic (exact) mass is 290 g/mol. The van der Waals surface area contributed by atoms with Gasteiger partial charge in [-0.25, -0.2) is 0 Å². The van der Waals surface area contributed by atoms with Crippen LogP contribution in [0, 0.1) is 28.6 Å². The summed E-state index contributed by atoms with van der Waals surface area (Å²) in [5.74, 6) is 1.53. The maximum Gasteiger partial charge on any atom is 0.0757 e. The Kier molecular flexibility index (Phi) is 3.11. The van der Waals surface area contributed by atoms with Crippen molar-refractivity contribution in [2.45, 2.75) is 77.4 Å². The van der Waals surface area contributed by atoms with Crippen molar-refractivity contribution in [2.24, 2.45) is 28.6 Å². The Morgan fingerprint density at radius 1 is 1.00 bits per heavy atom. The lowest BCUT2D eigenvalue weighted by Crippen LogP contribution is -2.54. The number of rotatable bonds is 0. The van der Waals surface area contributed by atoms with Gasteiger partial charge in [-0.15, -0.1) is 0 Å². The highest BCUT2D eigenvalue weighted by Gasteiger charge is 2.60. The second-order valence-corrected chi connectivity index (χ2v) is 8.74. The van der Waals surface area contributed by atoms with Gasteiger partial charge in [0.25, 0.3) is 0 Å². The maximum atomic E-state index is 10.8. The van der Waals surface area contributed by atoms with Gasteiger partial charge in [-0.1, -0.05) is 31.9 Å². The first-order valence-electron chi connectivity index (χ1n) is 9.04. The predicted octanol–water partition coefficient (Wildman–Crippen LogP) is 3.67. The van der Waals surface area contributed by atoms with Crippen LogP contribution in [0.5, 0.6) is 0 Å². The molecule has 0 heterocycles. The Labute approximate surface area is 128 Å². The average molecular weight is 290 g/mol. The van der Waals surface area contributed by atoms with E-state index in [1.54, 1.807) is 5.57 Å². The number of fused-ring (bicyclic) bond motifs is 5. The van der Waals surface area contributed by atoms with E-state index in [2.05, 4.69) is 19.9 Å². The molecule has 0 aliphatic heterocycles. The zero-order valence-electron chi connectivity index (χ0n) is 13.5. The Hall–Kier alpha value is -0.340. The van der Waals surface area contributed by atoms with Gasteiger partial charge in [-0.05, 0) is 73.5 Å². The molecule has 0 bridgehead atoms. The molecule has 3 saturated carbocycles. The smallest absolute Gasteiger partial charge is 0.0757 e. The molecule has 2 N–H and O–H groups in total. The van der Waals surface area contributed by atoms with Gasteiger partial charge >= 0.3 is 0 Å². The Morgan fingerprint density at radius 3 is 2.62 bits per heavy atom. The number of hydrogen-bond donors (Lipinski definition) is 2. The van der Waals surface area contributed by atoms with Crippen LogP contribution >= 0.6 is 0 Å². The van der Waals surface area contributed by atoms with Crippen molar-refractivity contribution in [3.8, 4) is 0 Å². The first-order valence-corrected chi connectivity index (χ1v) is 9.04. The van der Waals surface area contributed by atoms with Crippen molar-refractivity contribution in [2.75, 3.05) is 0 Å². The molecule has 0 aromatic heterocycles. The lowest BCUT2D eigenvalue weighted by Gasteiger charge is -2.58. The molecular formula is C19H30O2. The minimum atomic E-state index is -0.272. The molecule has 0 aromatic carbocycles. The Morgan fingerprint density at radius 2 is 1.81 bits per heavy atom. The van der Waals surface area contributed by atoms with E-state index in [1.807, 2.05) is 0 Å². The fourth-order valence-corrected chi connectivity index (χ4v) is 6.66. The fourth-order valence-electron chi connectivity index (χ4n) is 6.66. The number of allylic oxidation sites excluding steroid dienone is 1. The summed E-state index contributed by atoms with van der Waals surface area (Å²) in [7, 11) is 0. The summed E-state index contributed by atoms with van der Waals surface area (Å²) < 4.78 is 0. The summed E-state index contributed by atoms with van der Waals surface area (Å²) in [4.78, 5) is 0. The lowest BCUT2D eigenvalue weighted by atomic mass is 9.47. The molecule has 2 heteroatoms. The topological polar surface area (TPSA) is 40.5 Å². The van der Waals surface area contributed by atoms with E-state index in [4.69, 9.17) is 0 Å². The molecule has 0 amide bonds. The molecule has 2 nitrogen and oxygen atoms in total. The molecule has 4 aliphatic rings. The largest absolute Gasteiger partial charge is 0.393 e. The van der Waals surface area contributed by atoms with Crippen LogP contribution in [0.3, 0.4) is 0 Å². The SMILES string of the molecule is C[C@]12CCCCC1=C[C@H](O)[C@@H]1C2CC[C@@]2(C)C1CC[C@@H]2O. The summed E-state index contributed by atoms with van der Waals surface area (Å²) in [6, 6.07) is 0. The molecule has 2 unspecified atom stereocenters. The maximum absolute atomic E-state index is 10.8. The molecular weight excluding hydrogens is 260 g/mol. The molecule has 21 heavy (non-hydrogen) atoms. The van der Waals surface area contributed by atoms with Crippen molar-refractivity contribution >= 4 is 0 Å². The molecule has 0 aromatic rings. The average Bonchev–Trinajstić information content (AvgIpc) is 2.76. The molecule has 0 spiro atoms. The van der Waals surface area contributed by atoms with Crippen molar-refractivity contribution in [3.63, 3.8) is 0 Å². The second-order valence-electron chi connectivity index (χ2n) is 8.74. The third-order valence-corrected chi connectivity index (χ3v) is 7.99. The van der Waals surface area contributed by atoms with Gasteiger partial charge < -0.3 is 10.2 Å². The van der Waals surface area contributed by atoms with Crippen LogP contribution < -0.4 is 0 Å². The predicted molar refractivity (Wildman–Crippen MR) is 83.7 cm³/mol. The summed E-state index contributed by atoms with van der Waals surface area (Å²) in [6.07, 6.45) is 11.3. The van der Waals surface area contributed by atoms with Crippen LogP contribution in [0.15, 0.2) is 11.6 Å². The van der Waals surface area contributed by atoms with E-state index < -0.39 is 0 Å². The number of aliphatic hydroxyl groups is 2. The second kappa shape index (κ2) is 4.58. The van der Waals surface area contributed by atoms with Crippen LogP contribution in [0.1, 0.15) is 65.2 Å². The fraction of sp³-hybridized carbons (Fsp3) is 0.895. The van der Waals surface area contributed by atoms with E-state index in [1.165, 1.54) is 32.1 Å². The Bertz CT molecular complexity index is 470.